The number of aliphatic hydroxyl groups is 1. The molecule has 4 aromatic carbocycles. The van der Waals surface area contributed by atoms with Crippen molar-refractivity contribution in [1.82, 2.24) is 9.97 Å². The van der Waals surface area contributed by atoms with Crippen molar-refractivity contribution in [2.45, 2.75) is 45.1 Å². The fraction of sp³-hybridized carbons (Fsp3) is 0.281. The number of hydrogen-bond acceptors (Lipinski definition) is 3. The third kappa shape index (κ3) is 4.78. The zero-order valence-corrected chi connectivity index (χ0v) is 21.8. The van der Waals surface area contributed by atoms with Crippen LogP contribution in [-0.4, -0.2) is 27.3 Å². The number of ether oxygens (including phenoxy) is 1. The number of benzene rings is 4. The summed E-state index contributed by atoms with van der Waals surface area (Å²) in [4.78, 5) is 15.2. The van der Waals surface area contributed by atoms with E-state index in [4.69, 9.17) is 22.9 Å². The van der Waals surface area contributed by atoms with Crippen LogP contribution in [0.15, 0.2) is 48.5 Å². The van der Waals surface area contributed by atoms with E-state index in [1.165, 1.54) is 12.8 Å². The van der Waals surface area contributed by atoms with Crippen LogP contribution in [0.3, 0.4) is 0 Å². The molecule has 39 heavy (non-hydrogen) atoms. The highest BCUT2D eigenvalue weighted by Gasteiger charge is 2.22. The molecule has 0 radical (unpaired) electrons. The fourth-order valence-electron chi connectivity index (χ4n) is 5.31. The number of rotatable bonds is 7. The second-order valence-electron chi connectivity index (χ2n) is 11.0. The molecule has 1 aromatic heterocycles. The standard InChI is InChI=1S/C32H27FN4O2/c1-32(2,38)17-19-7-9-22-24(13-19)25-16-21(39-12-11-18-5-6-18)8-10-23(25)30-29(22)36-31(37-30)28-26(34-3)14-20(33)15-27(28)35-4/h7-10,13-16,18,38H,5-6,11-12,17H2,1-2H3,(H,36,37). The molecule has 194 valence electrons. The molecule has 7 heteroatoms. The molecule has 2 N–H and O–H groups in total. The Morgan fingerprint density at radius 1 is 1.00 bits per heavy atom. The van der Waals surface area contributed by atoms with Crippen molar-refractivity contribution in [2.24, 2.45) is 5.92 Å². The summed E-state index contributed by atoms with van der Waals surface area (Å²) in [5.74, 6) is 1.30. The quantitative estimate of drug-likeness (QED) is 0.168. The second-order valence-corrected chi connectivity index (χ2v) is 11.0. The van der Waals surface area contributed by atoms with Crippen LogP contribution in [0.5, 0.6) is 5.75 Å². The number of aromatic amines is 1. The average Bonchev–Trinajstić information content (AvgIpc) is 3.62. The number of nitrogens with zero attached hydrogens (tertiary/aromatic N) is 3. The minimum absolute atomic E-state index is 0.0347. The molecule has 5 aromatic rings. The van der Waals surface area contributed by atoms with Gasteiger partial charge in [0.15, 0.2) is 11.4 Å². The third-order valence-electron chi connectivity index (χ3n) is 7.26. The first-order valence-corrected chi connectivity index (χ1v) is 13.1. The Bertz CT molecular complexity index is 1810. The largest absolute Gasteiger partial charge is 0.494 e. The Labute approximate surface area is 225 Å². The Morgan fingerprint density at radius 2 is 1.69 bits per heavy atom. The van der Waals surface area contributed by atoms with Gasteiger partial charge in [0, 0.05) is 22.8 Å². The second kappa shape index (κ2) is 9.38. The first-order chi connectivity index (χ1) is 18.7. The highest BCUT2D eigenvalue weighted by Crippen LogP contribution is 2.42. The summed E-state index contributed by atoms with van der Waals surface area (Å²) >= 11 is 0. The van der Waals surface area contributed by atoms with Gasteiger partial charge >= 0.3 is 0 Å². The maximum absolute atomic E-state index is 14.1. The van der Waals surface area contributed by atoms with Crippen molar-refractivity contribution in [1.29, 1.82) is 0 Å². The molecular weight excluding hydrogens is 491 g/mol. The smallest absolute Gasteiger partial charge is 0.190 e. The van der Waals surface area contributed by atoms with E-state index in [1.807, 2.05) is 30.3 Å². The van der Waals surface area contributed by atoms with Crippen LogP contribution in [-0.2, 0) is 6.42 Å². The van der Waals surface area contributed by atoms with Crippen molar-refractivity contribution in [2.75, 3.05) is 6.61 Å². The molecule has 1 saturated carbocycles. The number of fused-ring (bicyclic) bond motifs is 6. The first kappa shape index (κ1) is 24.9. The number of aromatic nitrogens is 2. The van der Waals surface area contributed by atoms with Gasteiger partial charge in [-0.1, -0.05) is 31.0 Å². The van der Waals surface area contributed by atoms with Gasteiger partial charge < -0.3 is 14.8 Å². The van der Waals surface area contributed by atoms with Crippen LogP contribution >= 0.6 is 0 Å². The Balaban J connectivity index is 1.59. The molecule has 0 atom stereocenters. The lowest BCUT2D eigenvalue weighted by molar-refractivity contribution is 0.0810. The van der Waals surface area contributed by atoms with Gasteiger partial charge in [-0.2, -0.15) is 0 Å². The van der Waals surface area contributed by atoms with E-state index in [9.17, 15) is 9.50 Å². The molecular formula is C32H27FN4O2. The predicted molar refractivity (Wildman–Crippen MR) is 152 cm³/mol. The maximum Gasteiger partial charge on any atom is 0.190 e. The molecule has 1 aliphatic carbocycles. The van der Waals surface area contributed by atoms with E-state index < -0.39 is 11.4 Å². The van der Waals surface area contributed by atoms with Crippen LogP contribution in [0.25, 0.3) is 53.7 Å². The Morgan fingerprint density at radius 3 is 2.36 bits per heavy atom. The molecule has 1 fully saturated rings. The molecule has 6 nitrogen and oxygen atoms in total. The summed E-state index contributed by atoms with van der Waals surface area (Å²) in [5, 5.41) is 14.2. The molecule has 0 aliphatic heterocycles. The molecule has 1 aliphatic rings. The predicted octanol–water partition coefficient (Wildman–Crippen LogP) is 8.27. The number of H-pyrrole nitrogens is 1. The minimum Gasteiger partial charge on any atom is -0.494 e. The molecule has 6 rings (SSSR count). The summed E-state index contributed by atoms with van der Waals surface area (Å²) in [6.07, 6.45) is 4.12. The fourth-order valence-corrected chi connectivity index (χ4v) is 5.31. The van der Waals surface area contributed by atoms with Gasteiger partial charge in [0.2, 0.25) is 0 Å². The summed E-state index contributed by atoms with van der Waals surface area (Å²) < 4.78 is 20.2. The van der Waals surface area contributed by atoms with Gasteiger partial charge in [-0.3, -0.25) is 0 Å². The summed E-state index contributed by atoms with van der Waals surface area (Å²) in [5.41, 5.74) is 1.96. The SMILES string of the molecule is [C-]#[N+]c1cc(F)cc([N+]#[C-])c1-c1nc2c3ccc(CC(C)(C)O)cc3c3cc(OCCC4CC4)ccc3c2[nH]1. The lowest BCUT2D eigenvalue weighted by atomic mass is 9.93. The summed E-state index contributed by atoms with van der Waals surface area (Å²) in [6.45, 7) is 19.4. The van der Waals surface area contributed by atoms with Gasteiger partial charge in [0.25, 0.3) is 0 Å². The lowest BCUT2D eigenvalue weighted by Crippen LogP contribution is -2.21. The molecule has 0 bridgehead atoms. The maximum atomic E-state index is 14.1. The number of imidazole rings is 1. The average molecular weight is 519 g/mol. The van der Waals surface area contributed by atoms with E-state index in [1.54, 1.807) is 13.8 Å². The topological polar surface area (TPSA) is 66.9 Å². The van der Waals surface area contributed by atoms with E-state index in [2.05, 4.69) is 20.7 Å². The zero-order chi connectivity index (χ0) is 27.3. The van der Waals surface area contributed by atoms with Gasteiger partial charge in [-0.15, -0.1) is 0 Å². The van der Waals surface area contributed by atoms with Crippen molar-refractivity contribution in [3.63, 3.8) is 0 Å². The monoisotopic (exact) mass is 518 g/mol. The molecule has 0 saturated heterocycles. The zero-order valence-electron chi connectivity index (χ0n) is 21.8. The first-order valence-electron chi connectivity index (χ1n) is 13.1. The van der Waals surface area contributed by atoms with Crippen molar-refractivity contribution < 1.29 is 14.2 Å². The Kier molecular flexibility index (Phi) is 5.98. The minimum atomic E-state index is -0.862. The number of hydrogen-bond donors (Lipinski definition) is 2. The Hall–Kier alpha value is -4.46. The molecule has 0 amide bonds. The van der Waals surface area contributed by atoms with E-state index in [0.717, 1.165) is 62.8 Å². The third-order valence-corrected chi connectivity index (χ3v) is 7.26. The van der Waals surface area contributed by atoms with Crippen molar-refractivity contribution >= 4 is 44.0 Å². The van der Waals surface area contributed by atoms with Gasteiger partial charge in [0.05, 0.1) is 36.4 Å². The highest BCUT2D eigenvalue weighted by molar-refractivity contribution is 6.24. The van der Waals surface area contributed by atoms with E-state index in [-0.39, 0.29) is 16.9 Å². The highest BCUT2D eigenvalue weighted by atomic mass is 19.1. The normalized spacial score (nSPS) is 13.6. The van der Waals surface area contributed by atoms with Gasteiger partial charge in [0.1, 0.15) is 17.4 Å². The van der Waals surface area contributed by atoms with Gasteiger partial charge in [-0.05, 0) is 72.9 Å². The molecule has 0 unspecified atom stereocenters. The van der Waals surface area contributed by atoms with E-state index in [0.29, 0.717) is 24.4 Å². The van der Waals surface area contributed by atoms with Crippen LogP contribution in [0.2, 0.25) is 0 Å². The summed E-state index contributed by atoms with van der Waals surface area (Å²) in [6, 6.07) is 14.3. The molecule has 0 spiro atoms. The van der Waals surface area contributed by atoms with Gasteiger partial charge in [-0.25, -0.2) is 19.1 Å². The summed E-state index contributed by atoms with van der Waals surface area (Å²) in [7, 11) is 0. The lowest BCUT2D eigenvalue weighted by Gasteiger charge is -2.18. The van der Waals surface area contributed by atoms with Crippen LogP contribution < -0.4 is 4.74 Å². The molecule has 1 heterocycles. The van der Waals surface area contributed by atoms with Crippen molar-refractivity contribution in [3.05, 3.63) is 82.7 Å². The number of nitrogens with one attached hydrogen (secondary N) is 1. The van der Waals surface area contributed by atoms with Crippen LogP contribution in [0.1, 0.15) is 38.7 Å². The van der Waals surface area contributed by atoms with E-state index >= 15 is 0 Å². The van der Waals surface area contributed by atoms with Crippen molar-refractivity contribution in [3.8, 4) is 17.1 Å². The van der Waals surface area contributed by atoms with Crippen LogP contribution in [0, 0.1) is 24.9 Å². The van der Waals surface area contributed by atoms with Crippen LogP contribution in [0.4, 0.5) is 15.8 Å². The number of halogens is 1.